The molecule has 0 saturated carbocycles. The molecule has 0 fully saturated rings. The minimum atomic E-state index is -0.121. The first-order valence-corrected chi connectivity index (χ1v) is 4.85. The molecule has 1 aromatic rings. The molecule has 0 nitrogen and oxygen atoms in total. The van der Waals surface area contributed by atoms with Gasteiger partial charge < -0.3 is 0 Å². The van der Waals surface area contributed by atoms with Gasteiger partial charge in [-0.15, -0.1) is 0 Å². The lowest BCUT2D eigenvalue weighted by atomic mass is 9.85. The van der Waals surface area contributed by atoms with E-state index in [0.29, 0.717) is 0 Å². The van der Waals surface area contributed by atoms with Crippen LogP contribution in [0.3, 0.4) is 0 Å². The van der Waals surface area contributed by atoms with Gasteiger partial charge in [0, 0.05) is 1.37 Å². The van der Waals surface area contributed by atoms with Crippen LogP contribution < -0.4 is 0 Å². The fraction of sp³-hybridized carbons (Fsp3) is 0.538. The van der Waals surface area contributed by atoms with E-state index in [1.165, 1.54) is 11.1 Å². The number of hydrogen-bond donors (Lipinski definition) is 0. The molecule has 1 rings (SSSR count). The van der Waals surface area contributed by atoms with Gasteiger partial charge in [0.05, 0.1) is 0 Å². The van der Waals surface area contributed by atoms with Gasteiger partial charge in [0.15, 0.2) is 0 Å². The smallest absolute Gasteiger partial charge is 0.0313 e. The van der Waals surface area contributed by atoms with Crippen LogP contribution in [-0.2, 0) is 11.8 Å². The maximum Gasteiger partial charge on any atom is 0.0313 e. The summed E-state index contributed by atoms with van der Waals surface area (Å²) in [4.78, 5) is 0. The Bertz CT molecular complexity index is 318. The molecule has 0 N–H and O–H groups in total. The van der Waals surface area contributed by atoms with Crippen molar-refractivity contribution in [3.63, 3.8) is 0 Å². The summed E-state index contributed by atoms with van der Waals surface area (Å²) in [5.74, 6) is 0. The predicted molar refractivity (Wildman–Crippen MR) is 59.3 cm³/mol. The second kappa shape index (κ2) is 3.53. The van der Waals surface area contributed by atoms with Gasteiger partial charge in [-0.3, -0.25) is 0 Å². The third-order valence-corrected chi connectivity index (χ3v) is 2.45. The average molecular weight is 177 g/mol. The summed E-state index contributed by atoms with van der Waals surface area (Å²) in [6.45, 7) is 10.7. The molecule has 1 unspecified atom stereocenters. The van der Waals surface area contributed by atoms with Crippen LogP contribution in [0.2, 0.25) is 0 Å². The molecule has 0 spiro atoms. The first kappa shape index (κ1) is 8.80. The van der Waals surface area contributed by atoms with Crippen LogP contribution in [0.5, 0.6) is 0 Å². The van der Waals surface area contributed by atoms with E-state index in [2.05, 4.69) is 45.9 Å². The van der Waals surface area contributed by atoms with Crippen molar-refractivity contribution < 1.29 is 1.37 Å². The molecular formula is C13H20. The summed E-state index contributed by atoms with van der Waals surface area (Å²) in [5.41, 5.74) is 3.92. The Balaban J connectivity index is 3.13. The van der Waals surface area contributed by atoms with Crippen molar-refractivity contribution in [2.24, 2.45) is 0 Å². The highest BCUT2D eigenvalue weighted by Crippen LogP contribution is 2.24. The van der Waals surface area contributed by atoms with Gasteiger partial charge in [-0.05, 0) is 35.4 Å². The zero-order valence-electron chi connectivity index (χ0n) is 10.3. The Morgan fingerprint density at radius 1 is 1.31 bits per heavy atom. The van der Waals surface area contributed by atoms with Gasteiger partial charge in [0.1, 0.15) is 0 Å². The highest BCUT2D eigenvalue weighted by atomic mass is 14.2. The molecule has 1 atom stereocenters. The maximum atomic E-state index is 7.69. The van der Waals surface area contributed by atoms with E-state index in [9.17, 15) is 0 Å². The first-order chi connectivity index (χ1) is 6.32. The summed E-state index contributed by atoms with van der Waals surface area (Å²) in [6.07, 6.45) is -0.121. The molecule has 0 aliphatic carbocycles. The van der Waals surface area contributed by atoms with Gasteiger partial charge in [-0.2, -0.15) is 0 Å². The minimum absolute atomic E-state index is 0.121. The zero-order chi connectivity index (χ0) is 10.9. The van der Waals surface area contributed by atoms with Crippen LogP contribution in [0.15, 0.2) is 18.2 Å². The fourth-order valence-electron chi connectivity index (χ4n) is 1.47. The summed E-state index contributed by atoms with van der Waals surface area (Å²) in [6, 6.07) is 6.45. The van der Waals surface area contributed by atoms with Crippen LogP contribution in [-0.4, -0.2) is 0 Å². The Morgan fingerprint density at radius 2 is 1.92 bits per heavy atom. The highest BCUT2D eigenvalue weighted by Gasteiger charge is 2.13. The number of hydrogen-bond acceptors (Lipinski definition) is 0. The summed E-state index contributed by atoms with van der Waals surface area (Å²) < 4.78 is 7.69. The molecule has 0 saturated heterocycles. The Labute approximate surface area is 83.4 Å². The molecule has 13 heavy (non-hydrogen) atoms. The van der Waals surface area contributed by atoms with E-state index in [1.807, 2.05) is 6.92 Å². The maximum absolute atomic E-state index is 7.69. The van der Waals surface area contributed by atoms with Crippen LogP contribution in [0.1, 0.15) is 45.8 Å². The van der Waals surface area contributed by atoms with Crippen molar-refractivity contribution in [3.05, 3.63) is 34.9 Å². The number of benzene rings is 1. The van der Waals surface area contributed by atoms with Crippen LogP contribution >= 0.6 is 0 Å². The molecular weight excluding hydrogens is 156 g/mol. The van der Waals surface area contributed by atoms with E-state index in [4.69, 9.17) is 1.37 Å². The van der Waals surface area contributed by atoms with Crippen molar-refractivity contribution in [1.29, 1.82) is 0 Å². The highest BCUT2D eigenvalue weighted by molar-refractivity contribution is 5.34. The molecule has 0 aliphatic rings. The average Bonchev–Trinajstić information content (AvgIpc) is 2.01. The molecule has 0 bridgehead atoms. The number of aryl methyl sites for hydroxylation is 2. The molecule has 1 aromatic carbocycles. The van der Waals surface area contributed by atoms with Gasteiger partial charge in [0.25, 0.3) is 0 Å². The Morgan fingerprint density at radius 3 is 2.31 bits per heavy atom. The molecule has 0 heterocycles. The third kappa shape index (κ3) is 2.33. The monoisotopic (exact) mass is 177 g/mol. The van der Waals surface area contributed by atoms with Gasteiger partial charge >= 0.3 is 0 Å². The van der Waals surface area contributed by atoms with Crippen molar-refractivity contribution >= 4 is 0 Å². The zero-order valence-corrected chi connectivity index (χ0v) is 9.31. The van der Waals surface area contributed by atoms with Crippen molar-refractivity contribution in [3.8, 4) is 0 Å². The van der Waals surface area contributed by atoms with Crippen molar-refractivity contribution in [2.45, 2.75) is 46.4 Å². The van der Waals surface area contributed by atoms with Gasteiger partial charge in [0.2, 0.25) is 0 Å². The summed E-state index contributed by atoms with van der Waals surface area (Å²) in [7, 11) is 0. The normalized spacial score (nSPS) is 15.3. The van der Waals surface area contributed by atoms with Crippen LogP contribution in [0.4, 0.5) is 0 Å². The van der Waals surface area contributed by atoms with Crippen LogP contribution in [0, 0.1) is 6.92 Å². The van der Waals surface area contributed by atoms with E-state index in [-0.39, 0.29) is 11.8 Å². The van der Waals surface area contributed by atoms with Crippen molar-refractivity contribution in [1.82, 2.24) is 0 Å². The third-order valence-electron chi connectivity index (χ3n) is 2.45. The topological polar surface area (TPSA) is 0 Å². The van der Waals surface area contributed by atoms with Crippen molar-refractivity contribution in [2.75, 3.05) is 0 Å². The van der Waals surface area contributed by atoms with E-state index < -0.39 is 0 Å². The first-order valence-electron chi connectivity index (χ1n) is 5.43. The predicted octanol–water partition coefficient (Wildman–Crippen LogP) is 3.85. The second-order valence-electron chi connectivity index (χ2n) is 4.61. The molecule has 72 valence electrons. The van der Waals surface area contributed by atoms with E-state index >= 15 is 0 Å². The van der Waals surface area contributed by atoms with Gasteiger partial charge in [-0.1, -0.05) is 45.9 Å². The minimum Gasteiger partial charge on any atom is -0.0613 e. The molecule has 0 amide bonds. The van der Waals surface area contributed by atoms with Crippen LogP contribution in [0.25, 0.3) is 0 Å². The summed E-state index contributed by atoms with van der Waals surface area (Å²) in [5, 5.41) is 0. The van der Waals surface area contributed by atoms with E-state index in [0.717, 1.165) is 5.56 Å². The lowest BCUT2D eigenvalue weighted by Crippen LogP contribution is -2.11. The molecule has 0 heteroatoms. The van der Waals surface area contributed by atoms with E-state index in [1.54, 1.807) is 0 Å². The summed E-state index contributed by atoms with van der Waals surface area (Å²) >= 11 is 0. The lowest BCUT2D eigenvalue weighted by Gasteiger charge is -2.20. The standard InChI is InChI=1S/C13H20/c1-6-11-7-8-12(9-10(11)2)13(3,4)5/h7-9H,6H2,1-5H3/i6D. The largest absolute Gasteiger partial charge is 0.0613 e. The number of rotatable bonds is 1. The fourth-order valence-corrected chi connectivity index (χ4v) is 1.47. The van der Waals surface area contributed by atoms with Gasteiger partial charge in [-0.25, -0.2) is 0 Å². The quantitative estimate of drug-likeness (QED) is 0.611. The molecule has 0 aromatic heterocycles. The Hall–Kier alpha value is -0.780. The SMILES string of the molecule is [2H]C(C)c1ccc(C(C)(C)C)cc1C. The molecule has 0 radical (unpaired) electrons. The molecule has 0 aliphatic heterocycles. The Kier molecular flexibility index (Phi) is 2.39. The lowest BCUT2D eigenvalue weighted by molar-refractivity contribution is 0.589. The second-order valence-corrected chi connectivity index (χ2v) is 4.61.